The van der Waals surface area contributed by atoms with E-state index in [4.69, 9.17) is 0 Å². The van der Waals surface area contributed by atoms with Crippen LogP contribution >= 0.6 is 22.7 Å². The second-order valence-electron chi connectivity index (χ2n) is 5.66. The SMILES string of the molecule is CC(C)NC(=O)CN1CCc2sccc2C1c1cccs1. The largest absolute Gasteiger partial charge is 0.353 e. The fourth-order valence-electron chi connectivity index (χ4n) is 2.87. The second-order valence-corrected chi connectivity index (χ2v) is 7.64. The van der Waals surface area contributed by atoms with Crippen LogP contribution in [0.5, 0.6) is 0 Å². The van der Waals surface area contributed by atoms with Crippen molar-refractivity contribution in [3.63, 3.8) is 0 Å². The van der Waals surface area contributed by atoms with Crippen molar-refractivity contribution in [1.82, 2.24) is 10.2 Å². The van der Waals surface area contributed by atoms with E-state index in [-0.39, 0.29) is 18.0 Å². The van der Waals surface area contributed by atoms with Gasteiger partial charge in [0.2, 0.25) is 5.91 Å². The number of carbonyl (C=O) groups is 1. The van der Waals surface area contributed by atoms with Crippen molar-refractivity contribution in [3.8, 4) is 0 Å². The maximum absolute atomic E-state index is 12.1. The quantitative estimate of drug-likeness (QED) is 0.937. The minimum Gasteiger partial charge on any atom is -0.353 e. The first-order valence-corrected chi connectivity index (χ1v) is 9.04. The number of hydrogen-bond donors (Lipinski definition) is 1. The van der Waals surface area contributed by atoms with Gasteiger partial charge >= 0.3 is 0 Å². The Morgan fingerprint density at radius 2 is 2.24 bits per heavy atom. The van der Waals surface area contributed by atoms with E-state index in [1.54, 1.807) is 11.3 Å². The lowest BCUT2D eigenvalue weighted by atomic mass is 9.98. The Morgan fingerprint density at radius 3 is 2.95 bits per heavy atom. The summed E-state index contributed by atoms with van der Waals surface area (Å²) in [7, 11) is 0. The third kappa shape index (κ3) is 3.20. The molecule has 2 aromatic rings. The molecule has 0 bridgehead atoms. The Kier molecular flexibility index (Phi) is 4.42. The summed E-state index contributed by atoms with van der Waals surface area (Å²) in [6, 6.07) is 6.91. The third-order valence-corrected chi connectivity index (χ3v) is 5.60. The molecule has 3 nitrogen and oxygen atoms in total. The Labute approximate surface area is 133 Å². The monoisotopic (exact) mass is 320 g/mol. The highest BCUT2D eigenvalue weighted by Crippen LogP contribution is 2.39. The molecule has 21 heavy (non-hydrogen) atoms. The van der Waals surface area contributed by atoms with Crippen LogP contribution in [0.25, 0.3) is 0 Å². The summed E-state index contributed by atoms with van der Waals surface area (Å²) >= 11 is 3.61. The van der Waals surface area contributed by atoms with Crippen LogP contribution in [0.15, 0.2) is 29.0 Å². The summed E-state index contributed by atoms with van der Waals surface area (Å²) in [6.45, 7) is 5.42. The van der Waals surface area contributed by atoms with E-state index >= 15 is 0 Å². The first-order chi connectivity index (χ1) is 10.1. The molecule has 112 valence electrons. The molecule has 0 saturated carbocycles. The van der Waals surface area contributed by atoms with Crippen LogP contribution in [-0.4, -0.2) is 29.9 Å². The van der Waals surface area contributed by atoms with Gasteiger partial charge in [-0.3, -0.25) is 9.69 Å². The summed E-state index contributed by atoms with van der Waals surface area (Å²) in [5.74, 6) is 0.116. The minimum atomic E-state index is 0.116. The number of carbonyl (C=O) groups excluding carboxylic acids is 1. The van der Waals surface area contributed by atoms with Crippen LogP contribution in [0.1, 0.15) is 35.2 Å². The van der Waals surface area contributed by atoms with Crippen molar-refractivity contribution in [1.29, 1.82) is 0 Å². The van der Waals surface area contributed by atoms with Gasteiger partial charge in [0.25, 0.3) is 0 Å². The first-order valence-electron chi connectivity index (χ1n) is 7.28. The average Bonchev–Trinajstić information content (AvgIpc) is 3.07. The number of rotatable bonds is 4. The van der Waals surface area contributed by atoms with Crippen LogP contribution < -0.4 is 5.32 Å². The lowest BCUT2D eigenvalue weighted by Gasteiger charge is -2.35. The predicted octanol–water partition coefficient (Wildman–Crippen LogP) is 3.28. The van der Waals surface area contributed by atoms with Crippen molar-refractivity contribution >= 4 is 28.6 Å². The molecular weight excluding hydrogens is 300 g/mol. The summed E-state index contributed by atoms with van der Waals surface area (Å²) in [5, 5.41) is 7.28. The fourth-order valence-corrected chi connectivity index (χ4v) is 4.65. The van der Waals surface area contributed by atoms with Crippen molar-refractivity contribution < 1.29 is 4.79 Å². The molecule has 3 rings (SSSR count). The third-order valence-electron chi connectivity index (χ3n) is 3.67. The van der Waals surface area contributed by atoms with Gasteiger partial charge in [-0.05, 0) is 48.7 Å². The minimum absolute atomic E-state index is 0.116. The Hall–Kier alpha value is -1.17. The van der Waals surface area contributed by atoms with Gasteiger partial charge < -0.3 is 5.32 Å². The zero-order valence-electron chi connectivity index (χ0n) is 12.3. The van der Waals surface area contributed by atoms with E-state index < -0.39 is 0 Å². The van der Waals surface area contributed by atoms with E-state index in [0.717, 1.165) is 13.0 Å². The molecule has 1 aliphatic rings. The second kappa shape index (κ2) is 6.30. The highest BCUT2D eigenvalue weighted by Gasteiger charge is 2.31. The maximum atomic E-state index is 12.1. The Bertz CT molecular complexity index is 604. The number of hydrogen-bond acceptors (Lipinski definition) is 4. The van der Waals surface area contributed by atoms with Gasteiger partial charge in [-0.25, -0.2) is 0 Å². The molecule has 2 aromatic heterocycles. The summed E-state index contributed by atoms with van der Waals surface area (Å²) in [5.41, 5.74) is 1.38. The van der Waals surface area contributed by atoms with E-state index in [2.05, 4.69) is 39.2 Å². The highest BCUT2D eigenvalue weighted by atomic mass is 32.1. The topological polar surface area (TPSA) is 32.3 Å². The molecule has 0 aromatic carbocycles. The fraction of sp³-hybridized carbons (Fsp3) is 0.438. The molecule has 5 heteroatoms. The molecule has 0 spiro atoms. The van der Waals surface area contributed by atoms with Crippen LogP contribution in [0.2, 0.25) is 0 Å². The van der Waals surface area contributed by atoms with Gasteiger partial charge in [-0.2, -0.15) is 0 Å². The van der Waals surface area contributed by atoms with Gasteiger partial charge in [-0.1, -0.05) is 6.07 Å². The Balaban J connectivity index is 1.84. The van der Waals surface area contributed by atoms with Crippen LogP contribution in [0, 0.1) is 0 Å². The summed E-state index contributed by atoms with van der Waals surface area (Å²) in [4.78, 5) is 17.2. The number of fused-ring (bicyclic) bond motifs is 1. The normalized spacial score (nSPS) is 18.7. The zero-order chi connectivity index (χ0) is 14.8. The number of nitrogens with one attached hydrogen (secondary N) is 1. The van der Waals surface area contributed by atoms with Gasteiger partial charge in [0.15, 0.2) is 0 Å². The number of thiophene rings is 2. The predicted molar refractivity (Wildman–Crippen MR) is 89.0 cm³/mol. The first kappa shape index (κ1) is 14.8. The summed E-state index contributed by atoms with van der Waals surface area (Å²) in [6.07, 6.45) is 1.05. The zero-order valence-corrected chi connectivity index (χ0v) is 14.0. The molecule has 3 heterocycles. The molecule has 0 radical (unpaired) electrons. The van der Waals surface area contributed by atoms with Crippen molar-refractivity contribution in [2.45, 2.75) is 32.4 Å². The molecule has 0 saturated heterocycles. The van der Waals surface area contributed by atoms with E-state index in [0.29, 0.717) is 6.54 Å². The molecule has 0 fully saturated rings. The van der Waals surface area contributed by atoms with E-state index in [1.807, 2.05) is 25.2 Å². The molecule has 1 amide bonds. The maximum Gasteiger partial charge on any atom is 0.234 e. The van der Waals surface area contributed by atoms with Crippen molar-refractivity contribution in [3.05, 3.63) is 44.3 Å². The molecular formula is C16H20N2OS2. The molecule has 1 atom stereocenters. The number of nitrogens with zero attached hydrogens (tertiary/aromatic N) is 1. The lowest BCUT2D eigenvalue weighted by molar-refractivity contribution is -0.123. The van der Waals surface area contributed by atoms with Gasteiger partial charge in [0, 0.05) is 22.3 Å². The van der Waals surface area contributed by atoms with E-state index in [1.165, 1.54) is 15.3 Å². The van der Waals surface area contributed by atoms with Gasteiger partial charge in [0.1, 0.15) is 0 Å². The smallest absolute Gasteiger partial charge is 0.234 e. The van der Waals surface area contributed by atoms with Crippen LogP contribution in [-0.2, 0) is 11.2 Å². The van der Waals surface area contributed by atoms with E-state index in [9.17, 15) is 4.79 Å². The average molecular weight is 320 g/mol. The van der Waals surface area contributed by atoms with Gasteiger partial charge in [0.05, 0.1) is 12.6 Å². The molecule has 1 unspecified atom stereocenters. The molecule has 0 aliphatic carbocycles. The van der Waals surface area contributed by atoms with Crippen molar-refractivity contribution in [2.75, 3.05) is 13.1 Å². The van der Waals surface area contributed by atoms with Crippen LogP contribution in [0.3, 0.4) is 0 Å². The number of amides is 1. The van der Waals surface area contributed by atoms with Crippen LogP contribution in [0.4, 0.5) is 0 Å². The Morgan fingerprint density at radius 1 is 1.38 bits per heavy atom. The summed E-state index contributed by atoms with van der Waals surface area (Å²) < 4.78 is 0. The van der Waals surface area contributed by atoms with Gasteiger partial charge in [-0.15, -0.1) is 22.7 Å². The standard InChI is InChI=1S/C16H20N2OS2/c1-11(2)17-15(19)10-18-7-5-13-12(6-9-21-13)16(18)14-4-3-8-20-14/h3-4,6,8-9,11,16H,5,7,10H2,1-2H3,(H,17,19). The lowest BCUT2D eigenvalue weighted by Crippen LogP contribution is -2.44. The highest BCUT2D eigenvalue weighted by molar-refractivity contribution is 7.10. The molecule has 1 aliphatic heterocycles. The van der Waals surface area contributed by atoms with Crippen molar-refractivity contribution in [2.24, 2.45) is 0 Å². The molecule has 1 N–H and O–H groups in total.